The number of amides is 2. The van der Waals surface area contributed by atoms with Crippen molar-refractivity contribution in [3.63, 3.8) is 0 Å². The summed E-state index contributed by atoms with van der Waals surface area (Å²) in [6, 6.07) is 18.0. The fourth-order valence-corrected chi connectivity index (χ4v) is 10.3. The van der Waals surface area contributed by atoms with Gasteiger partial charge in [-0.1, -0.05) is 60.7 Å². The molecule has 70 heavy (non-hydrogen) atoms. The van der Waals surface area contributed by atoms with Crippen molar-refractivity contribution in [2.24, 2.45) is 0 Å². The van der Waals surface area contributed by atoms with Gasteiger partial charge in [0.2, 0.25) is 5.69 Å². The molecular formula is C51H57N3NaO13S2+. The maximum atomic E-state index is 12.9. The predicted octanol–water partition coefficient (Wildman–Crippen LogP) is 4.30. The SMILES string of the molecule is COCCOCCN1c2cc3c(cc2C(C)=CC1(C)C)C(=CC=CC=CC1=[N+](CCCS(=O)(=O)O)c2ccc(S(=O)(=O)[O-])cc2C1(C)CCCC(=O)ON1C(=O)CCC1=O)C=C(c1ccccc1)O3.[Na+]. The number of carbonyl (C=O) groups is 3. The predicted molar refractivity (Wildman–Crippen MR) is 259 cm³/mol. The smallest absolute Gasteiger partial charge is 0.744 e. The number of benzene rings is 3. The van der Waals surface area contributed by atoms with Crippen LogP contribution in [0.5, 0.6) is 5.75 Å². The van der Waals surface area contributed by atoms with Gasteiger partial charge in [-0.2, -0.15) is 13.0 Å². The number of allylic oxidation sites excluding steroid dienone is 8. The van der Waals surface area contributed by atoms with Gasteiger partial charge in [0.15, 0.2) is 5.71 Å². The van der Waals surface area contributed by atoms with Crippen LogP contribution < -0.4 is 39.2 Å². The van der Waals surface area contributed by atoms with E-state index in [-0.39, 0.29) is 80.2 Å². The van der Waals surface area contributed by atoms with E-state index in [2.05, 4.69) is 43.9 Å². The summed E-state index contributed by atoms with van der Waals surface area (Å²) >= 11 is 0. The Balaban J connectivity index is 0.00000804. The molecule has 1 saturated heterocycles. The summed E-state index contributed by atoms with van der Waals surface area (Å²) in [5, 5.41) is 0.472. The molecule has 0 saturated carbocycles. The molecule has 0 spiro atoms. The third-order valence-corrected chi connectivity index (χ3v) is 14.3. The Morgan fingerprint density at radius 2 is 1.66 bits per heavy atom. The van der Waals surface area contributed by atoms with Crippen LogP contribution in [0.4, 0.5) is 11.4 Å². The van der Waals surface area contributed by atoms with Crippen molar-refractivity contribution in [1.29, 1.82) is 0 Å². The van der Waals surface area contributed by atoms with E-state index in [1.54, 1.807) is 19.3 Å². The number of methoxy groups -OCH3 is 1. The number of anilines is 1. The molecule has 0 bridgehead atoms. The average Bonchev–Trinajstić information content (AvgIpc) is 3.72. The van der Waals surface area contributed by atoms with Crippen molar-refractivity contribution in [3.05, 3.63) is 125 Å². The van der Waals surface area contributed by atoms with Crippen LogP contribution in [0.2, 0.25) is 0 Å². The first-order chi connectivity index (χ1) is 32.7. The van der Waals surface area contributed by atoms with Gasteiger partial charge in [-0.05, 0) is 76.0 Å². The minimum atomic E-state index is -4.90. The van der Waals surface area contributed by atoms with Crippen LogP contribution >= 0.6 is 0 Å². The summed E-state index contributed by atoms with van der Waals surface area (Å²) in [6.07, 6.45) is 13.5. The maximum Gasteiger partial charge on any atom is 1.00 e. The molecule has 366 valence electrons. The Kier molecular flexibility index (Phi) is 17.5. The van der Waals surface area contributed by atoms with Gasteiger partial charge in [-0.3, -0.25) is 14.1 Å². The van der Waals surface area contributed by atoms with Crippen LogP contribution in [0.25, 0.3) is 16.9 Å². The van der Waals surface area contributed by atoms with Crippen molar-refractivity contribution < 1.29 is 93.5 Å². The molecule has 3 aromatic carbocycles. The monoisotopic (exact) mass is 1010 g/mol. The molecule has 2 amide bonds. The molecule has 0 radical (unpaired) electrons. The molecule has 19 heteroatoms. The maximum absolute atomic E-state index is 12.9. The van der Waals surface area contributed by atoms with Crippen LogP contribution in [0.3, 0.4) is 0 Å². The molecule has 4 heterocycles. The standard InChI is InChI=1S/C51H57N3O13S2.Na/c1-35-34-50(2,3)53(25-26-65-28-27-64-5)43-33-45-40(32-39(35)43)37(30-44(66-45)36-14-8-6-9-15-36)16-10-7-11-17-46-51(4,23-12-18-49(57)67-54-47(55)21-22-48(54)56)41-31-38(69(61,62)63)19-20-42(41)52(46)24-13-29-68(58,59)60;/h6-11,14-17,19-20,30-34H,12-13,18,21-29H2,1-5H3,(H-,58,59,60,61,62,63);/q;+1. The fraction of sp³-hybridized carbons (Fsp3) is 0.373. The zero-order valence-corrected chi connectivity index (χ0v) is 43.9. The number of carbonyl (C=O) groups excluding carboxylic acids is 3. The molecule has 0 aromatic heterocycles. The number of rotatable bonds is 20. The molecular weight excluding hydrogens is 950 g/mol. The number of fused-ring (bicyclic) bond motifs is 3. The second-order valence-corrected chi connectivity index (χ2v) is 20.9. The van der Waals surface area contributed by atoms with Gasteiger partial charge in [0.05, 0.1) is 41.4 Å². The van der Waals surface area contributed by atoms with Crippen LogP contribution in [0.1, 0.15) is 88.5 Å². The van der Waals surface area contributed by atoms with Crippen molar-refractivity contribution in [3.8, 4) is 5.75 Å². The normalized spacial score (nSPS) is 19.3. The molecule has 4 aliphatic rings. The third kappa shape index (κ3) is 12.5. The van der Waals surface area contributed by atoms with Gasteiger partial charge in [-0.15, -0.1) is 5.06 Å². The Bertz CT molecular complexity index is 2930. The van der Waals surface area contributed by atoms with Crippen molar-refractivity contribution >= 4 is 72.0 Å². The van der Waals surface area contributed by atoms with E-state index in [0.29, 0.717) is 59.9 Å². The van der Waals surface area contributed by atoms with E-state index in [1.807, 2.05) is 66.1 Å². The average molecular weight is 1010 g/mol. The Morgan fingerprint density at radius 1 is 0.929 bits per heavy atom. The summed E-state index contributed by atoms with van der Waals surface area (Å²) in [4.78, 5) is 44.0. The van der Waals surface area contributed by atoms with E-state index >= 15 is 0 Å². The zero-order valence-electron chi connectivity index (χ0n) is 40.3. The fourth-order valence-electron chi connectivity index (χ4n) is 9.33. The summed E-state index contributed by atoms with van der Waals surface area (Å²) < 4.78 is 89.7. The number of nitrogens with zero attached hydrogens (tertiary/aromatic N) is 3. The van der Waals surface area contributed by atoms with E-state index in [0.717, 1.165) is 33.5 Å². The molecule has 1 atom stereocenters. The van der Waals surface area contributed by atoms with E-state index < -0.39 is 54.1 Å². The molecule has 16 nitrogen and oxygen atoms in total. The minimum Gasteiger partial charge on any atom is -0.744 e. The van der Waals surface area contributed by atoms with Crippen molar-refractivity contribution in [2.45, 2.75) is 82.1 Å². The van der Waals surface area contributed by atoms with Gasteiger partial charge in [-0.25, -0.2) is 13.2 Å². The van der Waals surface area contributed by atoms with E-state index in [9.17, 15) is 40.3 Å². The number of hydroxylamine groups is 2. The summed E-state index contributed by atoms with van der Waals surface area (Å²) in [5.74, 6) is -1.26. The largest absolute Gasteiger partial charge is 1.00 e. The first kappa shape index (κ1) is 54.3. The van der Waals surface area contributed by atoms with Crippen molar-refractivity contribution in [2.75, 3.05) is 50.7 Å². The molecule has 3 aromatic rings. The first-order valence-corrected chi connectivity index (χ1v) is 25.7. The molecule has 4 aliphatic heterocycles. The minimum absolute atomic E-state index is 0. The molecule has 1 unspecified atom stereocenters. The summed E-state index contributed by atoms with van der Waals surface area (Å²) in [6.45, 7) is 10.5. The van der Waals surface area contributed by atoms with Gasteiger partial charge in [0.25, 0.3) is 21.9 Å². The topological polar surface area (TPSA) is 209 Å². The Morgan fingerprint density at radius 3 is 2.34 bits per heavy atom. The Labute approximate surface area is 431 Å². The van der Waals surface area contributed by atoms with Crippen LogP contribution in [0.15, 0.2) is 108 Å². The summed E-state index contributed by atoms with van der Waals surface area (Å²) in [5.41, 5.74) is 6.02. The van der Waals surface area contributed by atoms with Crippen LogP contribution in [-0.4, -0.2) is 110 Å². The van der Waals surface area contributed by atoms with E-state index in [1.165, 1.54) is 18.2 Å². The molecule has 7 rings (SSSR count). The third-order valence-electron chi connectivity index (χ3n) is 12.6. The van der Waals surface area contributed by atoms with E-state index in [4.69, 9.17) is 19.0 Å². The van der Waals surface area contributed by atoms with Gasteiger partial charge < -0.3 is 28.5 Å². The molecule has 1 N–H and O–H groups in total. The second kappa shape index (κ2) is 22.6. The van der Waals surface area contributed by atoms with Gasteiger partial charge >= 0.3 is 35.5 Å². The number of hydrogen-bond acceptors (Lipinski definition) is 13. The molecule has 0 aliphatic carbocycles. The first-order valence-electron chi connectivity index (χ1n) is 22.7. The van der Waals surface area contributed by atoms with Gasteiger partial charge in [0.1, 0.15) is 28.2 Å². The zero-order chi connectivity index (χ0) is 49.7. The van der Waals surface area contributed by atoms with Crippen molar-refractivity contribution in [1.82, 2.24) is 5.06 Å². The molecule has 1 fully saturated rings. The summed E-state index contributed by atoms with van der Waals surface area (Å²) in [7, 11) is -7.59. The Hall–Kier alpha value is -5.02. The number of imide groups is 1. The second-order valence-electron chi connectivity index (χ2n) is 18.0. The number of hydrogen-bond donors (Lipinski definition) is 1. The van der Waals surface area contributed by atoms with Crippen LogP contribution in [-0.2, 0) is 54.3 Å². The van der Waals surface area contributed by atoms with Gasteiger partial charge in [0, 0.05) is 85.5 Å². The van der Waals surface area contributed by atoms with Crippen LogP contribution in [0, 0.1) is 0 Å². The number of ether oxygens (including phenoxy) is 3. The quantitative estimate of drug-likeness (QED) is 0.0418.